The number of piperidine rings is 1. The van der Waals surface area contributed by atoms with Crippen molar-refractivity contribution in [3.63, 3.8) is 0 Å². The van der Waals surface area contributed by atoms with Crippen LogP contribution in [0.2, 0.25) is 0 Å². The highest BCUT2D eigenvalue weighted by Crippen LogP contribution is 2.34. The number of para-hydroxylation sites is 1. The van der Waals surface area contributed by atoms with E-state index in [9.17, 15) is 23.6 Å². The summed E-state index contributed by atoms with van der Waals surface area (Å²) in [7, 11) is 0. The molecule has 2 aromatic carbocycles. The number of carbonyl (C=O) groups is 4. The number of allylic oxidation sites excluding steroid dienone is 1. The second kappa shape index (κ2) is 11.7. The normalized spacial score (nSPS) is 22.2. The molecule has 0 bridgehead atoms. The Bertz CT molecular complexity index is 1700. The number of amides is 4. The van der Waals surface area contributed by atoms with Crippen molar-refractivity contribution in [2.24, 2.45) is 16.6 Å². The van der Waals surface area contributed by atoms with E-state index in [1.807, 2.05) is 0 Å². The van der Waals surface area contributed by atoms with Gasteiger partial charge < -0.3 is 11.1 Å². The van der Waals surface area contributed by atoms with Gasteiger partial charge in [-0.2, -0.15) is 0 Å². The Morgan fingerprint density at radius 1 is 1.14 bits per heavy atom. The highest BCUT2D eigenvalue weighted by atomic mass is 19.1. The van der Waals surface area contributed by atoms with Gasteiger partial charge in [0.15, 0.2) is 5.82 Å². The largest absolute Gasteiger partial charge is 0.404 e. The Morgan fingerprint density at radius 3 is 2.74 bits per heavy atom. The quantitative estimate of drug-likeness (QED) is 0.197. The number of halogens is 1. The molecule has 4 amide bonds. The molecule has 1 aromatic heterocycles. The maximum Gasteiger partial charge on any atom is 0.262 e. The summed E-state index contributed by atoms with van der Waals surface area (Å²) >= 11 is 0. The van der Waals surface area contributed by atoms with Crippen molar-refractivity contribution in [3.8, 4) is 0 Å². The Balaban J connectivity index is 0.959. The zero-order valence-corrected chi connectivity index (χ0v) is 23.3. The summed E-state index contributed by atoms with van der Waals surface area (Å²) in [5, 5.41) is 5.52. The lowest BCUT2D eigenvalue weighted by Gasteiger charge is -2.32. The topological polar surface area (TPSA) is 160 Å². The van der Waals surface area contributed by atoms with Gasteiger partial charge in [-0.1, -0.05) is 6.07 Å². The van der Waals surface area contributed by atoms with Crippen molar-refractivity contribution >= 4 is 52.1 Å². The van der Waals surface area contributed by atoms with Gasteiger partial charge in [0.25, 0.3) is 11.8 Å². The molecule has 2 fully saturated rings. The summed E-state index contributed by atoms with van der Waals surface area (Å²) in [6.45, 7) is 0.698. The van der Waals surface area contributed by atoms with Crippen LogP contribution in [0.15, 0.2) is 53.8 Å². The minimum atomic E-state index is -0.978. The minimum Gasteiger partial charge on any atom is -0.404 e. The molecule has 3 aromatic rings. The standard InChI is InChI=1S/C31H30FN7O4/c32-23-4-1-5-24-28(23)36-16-25(37-24)18(14-33)15-35-20-11-17(12-20)3-2-10-34-19-6-7-21-22(13-19)31(43)39(30(21)42)26-8-9-27(40)38-29(26)41/h1,4-7,13-17,20,26,34H,2-3,8-12,33H2,(H,38,40,41). The first kappa shape index (κ1) is 28.1. The van der Waals surface area contributed by atoms with E-state index in [-0.39, 0.29) is 35.5 Å². The fraction of sp³-hybridized carbons (Fsp3) is 0.323. The maximum absolute atomic E-state index is 13.9. The van der Waals surface area contributed by atoms with Crippen molar-refractivity contribution in [3.05, 3.63) is 71.4 Å². The number of imide groups is 2. The first-order chi connectivity index (χ1) is 20.8. The molecule has 3 heterocycles. The Labute approximate surface area is 246 Å². The molecule has 11 nitrogen and oxygen atoms in total. The zero-order valence-electron chi connectivity index (χ0n) is 23.3. The summed E-state index contributed by atoms with van der Waals surface area (Å²) in [6, 6.07) is 8.87. The highest BCUT2D eigenvalue weighted by molar-refractivity contribution is 6.23. The second-order valence-corrected chi connectivity index (χ2v) is 11.0. The monoisotopic (exact) mass is 583 g/mol. The van der Waals surface area contributed by atoms with Crippen LogP contribution in [0, 0.1) is 11.7 Å². The molecular formula is C31H30FN7O4. The highest BCUT2D eigenvalue weighted by Gasteiger charge is 2.44. The van der Waals surface area contributed by atoms with Crippen LogP contribution in [0.25, 0.3) is 16.6 Å². The third kappa shape index (κ3) is 5.60. The average Bonchev–Trinajstić information content (AvgIpc) is 3.22. The first-order valence-corrected chi connectivity index (χ1v) is 14.3. The number of aliphatic imine (C=N–C) groups is 1. The van der Waals surface area contributed by atoms with E-state index in [0.717, 1.165) is 36.3 Å². The van der Waals surface area contributed by atoms with Crippen molar-refractivity contribution in [2.45, 2.75) is 50.6 Å². The molecule has 3 aliphatic rings. The maximum atomic E-state index is 13.9. The van der Waals surface area contributed by atoms with E-state index < -0.39 is 35.5 Å². The van der Waals surface area contributed by atoms with Gasteiger partial charge >= 0.3 is 0 Å². The fourth-order valence-electron chi connectivity index (χ4n) is 5.79. The molecule has 0 radical (unpaired) electrons. The number of carbonyl (C=O) groups excluding carboxylic acids is 4. The van der Waals surface area contributed by atoms with Crippen molar-refractivity contribution in [1.82, 2.24) is 20.2 Å². The summed E-state index contributed by atoms with van der Waals surface area (Å²) in [5.74, 6) is -1.93. The van der Waals surface area contributed by atoms with Gasteiger partial charge in [0.2, 0.25) is 11.8 Å². The molecule has 43 heavy (non-hydrogen) atoms. The molecule has 220 valence electrons. The molecular weight excluding hydrogens is 553 g/mol. The van der Waals surface area contributed by atoms with E-state index in [2.05, 4.69) is 25.6 Å². The van der Waals surface area contributed by atoms with Crippen LogP contribution in [-0.4, -0.2) is 63.3 Å². The zero-order chi connectivity index (χ0) is 30.1. The molecule has 1 aliphatic carbocycles. The number of benzene rings is 2. The van der Waals surface area contributed by atoms with Gasteiger partial charge in [0.05, 0.1) is 34.6 Å². The van der Waals surface area contributed by atoms with Crippen molar-refractivity contribution in [1.29, 1.82) is 0 Å². The minimum absolute atomic E-state index is 0.0836. The van der Waals surface area contributed by atoms with Crippen molar-refractivity contribution in [2.75, 3.05) is 11.9 Å². The van der Waals surface area contributed by atoms with Crippen LogP contribution >= 0.6 is 0 Å². The molecule has 1 unspecified atom stereocenters. The number of hydrogen-bond acceptors (Lipinski definition) is 9. The number of nitrogens with one attached hydrogen (secondary N) is 2. The van der Waals surface area contributed by atoms with Gasteiger partial charge in [0, 0.05) is 36.6 Å². The molecule has 1 atom stereocenters. The van der Waals surface area contributed by atoms with Gasteiger partial charge in [-0.15, -0.1) is 0 Å². The number of nitrogens with zero attached hydrogens (tertiary/aromatic N) is 4. The fourth-order valence-corrected chi connectivity index (χ4v) is 5.79. The average molecular weight is 584 g/mol. The summed E-state index contributed by atoms with van der Waals surface area (Å²) in [5.41, 5.74) is 8.88. The predicted molar refractivity (Wildman–Crippen MR) is 158 cm³/mol. The number of nitrogens with two attached hydrogens (primary N) is 1. The molecule has 0 spiro atoms. The van der Waals surface area contributed by atoms with E-state index in [1.165, 1.54) is 18.5 Å². The molecule has 12 heteroatoms. The lowest BCUT2D eigenvalue weighted by molar-refractivity contribution is -0.136. The molecule has 1 saturated carbocycles. The summed E-state index contributed by atoms with van der Waals surface area (Å²) in [6.07, 6.45) is 8.71. The molecule has 2 aliphatic heterocycles. The Hall–Kier alpha value is -5.00. The lowest BCUT2D eigenvalue weighted by atomic mass is 9.78. The molecule has 1 saturated heterocycles. The van der Waals surface area contributed by atoms with E-state index in [4.69, 9.17) is 5.73 Å². The van der Waals surface area contributed by atoms with Gasteiger partial charge in [0.1, 0.15) is 11.6 Å². The van der Waals surface area contributed by atoms with Crippen molar-refractivity contribution < 1.29 is 23.6 Å². The third-order valence-electron chi connectivity index (χ3n) is 8.19. The van der Waals surface area contributed by atoms with Crippen LogP contribution in [0.4, 0.5) is 10.1 Å². The number of hydrogen-bond donors (Lipinski definition) is 3. The number of fused-ring (bicyclic) bond motifs is 2. The van der Waals surface area contributed by atoms with Gasteiger partial charge in [-0.05, 0) is 68.4 Å². The van der Waals surface area contributed by atoms with Crippen LogP contribution in [0.5, 0.6) is 0 Å². The number of rotatable bonds is 9. The number of anilines is 1. The SMILES string of the molecule is NC=C(C=NC1CC(CCCNc2ccc3c(c2)C(=O)N(C2CCC(=O)NC2=O)C3=O)C1)c1cnc2c(F)cccc2n1. The van der Waals surface area contributed by atoms with Crippen LogP contribution in [-0.2, 0) is 9.59 Å². The van der Waals surface area contributed by atoms with Gasteiger partial charge in [-0.3, -0.25) is 34.4 Å². The Morgan fingerprint density at radius 2 is 1.95 bits per heavy atom. The van der Waals surface area contributed by atoms with E-state index in [1.54, 1.807) is 36.5 Å². The summed E-state index contributed by atoms with van der Waals surface area (Å²) < 4.78 is 13.9. The first-order valence-electron chi connectivity index (χ1n) is 14.3. The van der Waals surface area contributed by atoms with Crippen LogP contribution in [0.3, 0.4) is 0 Å². The van der Waals surface area contributed by atoms with E-state index in [0.29, 0.717) is 29.2 Å². The third-order valence-corrected chi connectivity index (χ3v) is 8.19. The second-order valence-electron chi connectivity index (χ2n) is 11.0. The van der Waals surface area contributed by atoms with Crippen LogP contribution in [0.1, 0.15) is 64.9 Å². The number of aromatic nitrogens is 2. The van der Waals surface area contributed by atoms with Crippen LogP contribution < -0.4 is 16.4 Å². The molecule has 6 rings (SSSR count). The molecule has 4 N–H and O–H groups in total. The smallest absolute Gasteiger partial charge is 0.262 e. The lowest BCUT2D eigenvalue weighted by Crippen LogP contribution is -2.54. The van der Waals surface area contributed by atoms with E-state index >= 15 is 0 Å². The summed E-state index contributed by atoms with van der Waals surface area (Å²) in [4.78, 5) is 63.9. The predicted octanol–water partition coefficient (Wildman–Crippen LogP) is 3.21. The Kier molecular flexibility index (Phi) is 7.66. The van der Waals surface area contributed by atoms with Gasteiger partial charge in [-0.25, -0.2) is 14.4 Å².